The topological polar surface area (TPSA) is 129 Å². The van der Waals surface area contributed by atoms with Crippen molar-refractivity contribution in [2.24, 2.45) is 0 Å². The van der Waals surface area contributed by atoms with Gasteiger partial charge in [-0.2, -0.15) is 0 Å². The van der Waals surface area contributed by atoms with Gasteiger partial charge in [0, 0.05) is 24.8 Å². The number of hydrogen-bond acceptors (Lipinski definition) is 8. The Morgan fingerprint density at radius 1 is 1.09 bits per heavy atom. The van der Waals surface area contributed by atoms with Gasteiger partial charge in [-0.05, 0) is 6.42 Å². The Hall–Kier alpha value is -0.740. The van der Waals surface area contributed by atoms with E-state index in [9.17, 15) is 20.4 Å². The van der Waals surface area contributed by atoms with Gasteiger partial charge in [0.2, 0.25) is 0 Å². The fraction of sp³-hybridized carbons (Fsp3) is 0.857. The molecular formula is C14H22O8. The summed E-state index contributed by atoms with van der Waals surface area (Å²) in [5.74, 6) is 0.351. The summed E-state index contributed by atoms with van der Waals surface area (Å²) in [4.78, 5) is 0. The van der Waals surface area contributed by atoms with Gasteiger partial charge in [-0.3, -0.25) is 0 Å². The van der Waals surface area contributed by atoms with Crippen LogP contribution in [0, 0.1) is 0 Å². The van der Waals surface area contributed by atoms with Crippen LogP contribution in [0.1, 0.15) is 25.7 Å². The second-order valence-electron chi connectivity index (χ2n) is 5.98. The Labute approximate surface area is 127 Å². The second-order valence-corrected chi connectivity index (χ2v) is 5.98. The lowest BCUT2D eigenvalue weighted by atomic mass is 10.0. The minimum absolute atomic E-state index is 0.228. The number of ether oxygens (including phenoxy) is 3. The molecule has 2 saturated heterocycles. The van der Waals surface area contributed by atoms with Crippen molar-refractivity contribution >= 4 is 0 Å². The lowest BCUT2D eigenvalue weighted by Crippen LogP contribution is -2.51. The molecule has 3 rings (SSSR count). The van der Waals surface area contributed by atoms with E-state index < -0.39 is 43.1 Å². The van der Waals surface area contributed by atoms with Crippen LogP contribution in [0.3, 0.4) is 0 Å². The molecule has 1 aliphatic carbocycles. The summed E-state index contributed by atoms with van der Waals surface area (Å²) in [6.45, 7) is -0.282. The molecule has 1 saturated carbocycles. The van der Waals surface area contributed by atoms with Gasteiger partial charge in [0.25, 0.3) is 0 Å². The average molecular weight is 318 g/mol. The van der Waals surface area contributed by atoms with E-state index in [4.69, 9.17) is 19.3 Å². The Bertz CT molecular complexity index is 439. The van der Waals surface area contributed by atoms with Crippen LogP contribution < -0.4 is 0 Å². The molecule has 5 N–H and O–H groups in total. The summed E-state index contributed by atoms with van der Waals surface area (Å²) in [7, 11) is 0. The molecule has 126 valence electrons. The van der Waals surface area contributed by atoms with Crippen LogP contribution in [0.15, 0.2) is 11.3 Å². The van der Waals surface area contributed by atoms with Gasteiger partial charge in [0.15, 0.2) is 12.6 Å². The molecule has 8 heteroatoms. The van der Waals surface area contributed by atoms with Crippen molar-refractivity contribution in [3.8, 4) is 0 Å². The molecule has 0 radical (unpaired) electrons. The molecule has 2 unspecified atom stereocenters. The summed E-state index contributed by atoms with van der Waals surface area (Å²) >= 11 is 0. The Kier molecular flexibility index (Phi) is 4.69. The summed E-state index contributed by atoms with van der Waals surface area (Å²) in [5.41, 5.74) is 0.682. The average Bonchev–Trinajstić information content (AvgIpc) is 3.22. The number of hydrogen-bond donors (Lipinski definition) is 5. The summed E-state index contributed by atoms with van der Waals surface area (Å²) in [6.07, 6.45) is -4.41. The van der Waals surface area contributed by atoms with Gasteiger partial charge >= 0.3 is 0 Å². The van der Waals surface area contributed by atoms with E-state index in [0.29, 0.717) is 30.6 Å². The van der Waals surface area contributed by atoms with E-state index in [1.807, 2.05) is 0 Å². The van der Waals surface area contributed by atoms with Crippen LogP contribution in [-0.4, -0.2) is 75.2 Å². The molecule has 0 aromatic heterocycles. The molecular weight excluding hydrogens is 296 g/mol. The third-order valence-corrected chi connectivity index (χ3v) is 4.24. The quantitative estimate of drug-likeness (QED) is 0.418. The van der Waals surface area contributed by atoms with E-state index >= 15 is 0 Å². The first kappa shape index (κ1) is 16.1. The largest absolute Gasteiger partial charge is 0.466 e. The number of rotatable bonds is 3. The minimum atomic E-state index is -1.42. The maximum absolute atomic E-state index is 9.92. The van der Waals surface area contributed by atoms with E-state index in [2.05, 4.69) is 0 Å². The number of aliphatic hydroxyl groups is 5. The van der Waals surface area contributed by atoms with Gasteiger partial charge in [-0.15, -0.1) is 0 Å². The molecule has 2 aliphatic heterocycles. The molecule has 3 fully saturated rings. The smallest absolute Gasteiger partial charge is 0.199 e. The van der Waals surface area contributed by atoms with Crippen molar-refractivity contribution in [2.45, 2.75) is 68.8 Å². The van der Waals surface area contributed by atoms with E-state index in [0.717, 1.165) is 0 Å². The minimum Gasteiger partial charge on any atom is -0.466 e. The molecule has 3 aliphatic rings. The third kappa shape index (κ3) is 3.28. The molecule has 22 heavy (non-hydrogen) atoms. The van der Waals surface area contributed by atoms with E-state index in [1.165, 1.54) is 0 Å². The van der Waals surface area contributed by atoms with Crippen molar-refractivity contribution in [1.82, 2.24) is 0 Å². The summed E-state index contributed by atoms with van der Waals surface area (Å²) < 4.78 is 16.3. The molecule has 0 amide bonds. The highest BCUT2D eigenvalue weighted by molar-refractivity contribution is 5.31. The van der Waals surface area contributed by atoms with E-state index in [1.54, 1.807) is 0 Å². The van der Waals surface area contributed by atoms with Crippen molar-refractivity contribution in [3.05, 3.63) is 11.3 Å². The molecule has 2 heterocycles. The maximum atomic E-state index is 9.92. The lowest BCUT2D eigenvalue weighted by molar-refractivity contribution is -0.287. The normalized spacial score (nSPS) is 48.9. The zero-order valence-corrected chi connectivity index (χ0v) is 12.0. The van der Waals surface area contributed by atoms with Crippen molar-refractivity contribution in [1.29, 1.82) is 0 Å². The van der Waals surface area contributed by atoms with Gasteiger partial charge in [-0.25, -0.2) is 0 Å². The Morgan fingerprint density at radius 3 is 2.45 bits per heavy atom. The predicted octanol–water partition coefficient (Wildman–Crippen LogP) is -1.65. The Balaban J connectivity index is 1.62. The Morgan fingerprint density at radius 2 is 1.82 bits per heavy atom. The molecule has 0 aromatic carbocycles. The van der Waals surface area contributed by atoms with Crippen LogP contribution in [0.5, 0.6) is 0 Å². The fourth-order valence-corrected chi connectivity index (χ4v) is 2.87. The van der Waals surface area contributed by atoms with Crippen LogP contribution in [0.2, 0.25) is 0 Å². The summed E-state index contributed by atoms with van der Waals surface area (Å²) in [5, 5.41) is 48.0. The maximum Gasteiger partial charge on any atom is 0.199 e. The third-order valence-electron chi connectivity index (χ3n) is 4.24. The van der Waals surface area contributed by atoms with Crippen LogP contribution in [0.25, 0.3) is 0 Å². The zero-order valence-electron chi connectivity index (χ0n) is 12.0. The van der Waals surface area contributed by atoms with E-state index in [-0.39, 0.29) is 13.0 Å². The van der Waals surface area contributed by atoms with Crippen LogP contribution >= 0.6 is 0 Å². The van der Waals surface area contributed by atoms with Gasteiger partial charge < -0.3 is 39.7 Å². The highest BCUT2D eigenvalue weighted by atomic mass is 16.7. The molecule has 0 aromatic rings. The molecule has 0 bridgehead atoms. The van der Waals surface area contributed by atoms with Crippen LogP contribution in [-0.2, 0) is 14.2 Å². The van der Waals surface area contributed by atoms with Gasteiger partial charge in [0.1, 0.15) is 18.0 Å². The number of aliphatic hydroxyl groups excluding tert-OH is 5. The van der Waals surface area contributed by atoms with Crippen molar-refractivity contribution in [3.63, 3.8) is 0 Å². The monoisotopic (exact) mass is 318 g/mol. The van der Waals surface area contributed by atoms with Crippen LogP contribution in [0.4, 0.5) is 0 Å². The van der Waals surface area contributed by atoms with Crippen molar-refractivity contribution in [2.75, 3.05) is 6.61 Å². The first-order valence-electron chi connectivity index (χ1n) is 7.53. The van der Waals surface area contributed by atoms with Gasteiger partial charge in [0.05, 0.1) is 24.9 Å². The molecule has 7 atom stereocenters. The first-order chi connectivity index (χ1) is 10.5. The fourth-order valence-electron chi connectivity index (χ4n) is 2.87. The second kappa shape index (κ2) is 6.40. The summed E-state index contributed by atoms with van der Waals surface area (Å²) in [6, 6.07) is 0. The van der Waals surface area contributed by atoms with Crippen molar-refractivity contribution < 1.29 is 39.7 Å². The van der Waals surface area contributed by atoms with Gasteiger partial charge in [-0.1, -0.05) is 0 Å². The highest BCUT2D eigenvalue weighted by Crippen LogP contribution is 2.38. The zero-order chi connectivity index (χ0) is 15.9. The molecule has 0 spiro atoms. The lowest BCUT2D eigenvalue weighted by Gasteiger charge is -2.39. The molecule has 8 nitrogen and oxygen atoms in total. The highest BCUT2D eigenvalue weighted by Gasteiger charge is 2.42. The predicted molar refractivity (Wildman–Crippen MR) is 71.2 cm³/mol. The standard InChI is InChI=1S/C14H22O8/c15-5-6-3-10(12(18)14(19)20-6)21-11-2-1-8(16)13(22-11)7-4-9(7)17/h6,8-12,14-19H,1-5H2/b13-7+/t6-,8-,9?,10?,11-,12-,14+/m0/s1. The SMILES string of the molecule is OC[C@@H]1CC(O[C@@H]2CC[C@H](O)/C(=C3/CC3O)O2)[C@H](O)[C@H](O)O1. The first-order valence-corrected chi connectivity index (χ1v) is 7.53.